The minimum atomic E-state index is 0.687. The number of thiophene rings is 1. The maximum absolute atomic E-state index is 5.61. The van der Waals surface area contributed by atoms with Crippen LogP contribution in [0.5, 0.6) is 0 Å². The maximum atomic E-state index is 5.61. The van der Waals surface area contributed by atoms with Crippen LogP contribution in [0.3, 0.4) is 0 Å². The zero-order valence-corrected chi connectivity index (χ0v) is 10.5. The lowest BCUT2D eigenvalue weighted by Gasteiger charge is -2.03. The highest BCUT2D eigenvalue weighted by atomic mass is 32.1. The second kappa shape index (κ2) is 4.80. The molecule has 2 aromatic rings. The van der Waals surface area contributed by atoms with E-state index in [1.165, 1.54) is 16.1 Å². The average Bonchev–Trinajstić information content (AvgIpc) is 2.84. The molecule has 3 nitrogen and oxygen atoms in total. The molecule has 4 heteroatoms. The smallest absolute Gasteiger partial charge is 0.0755 e. The van der Waals surface area contributed by atoms with Crippen molar-refractivity contribution in [3.8, 4) is 0 Å². The molecule has 0 aliphatic rings. The van der Waals surface area contributed by atoms with Crippen molar-refractivity contribution in [2.75, 3.05) is 6.54 Å². The van der Waals surface area contributed by atoms with Gasteiger partial charge in [-0.2, -0.15) is 5.10 Å². The summed E-state index contributed by atoms with van der Waals surface area (Å²) in [7, 11) is 0. The number of aryl methyl sites for hydroxylation is 1. The Morgan fingerprint density at radius 3 is 2.88 bits per heavy atom. The van der Waals surface area contributed by atoms with Crippen LogP contribution >= 0.6 is 11.3 Å². The van der Waals surface area contributed by atoms with Gasteiger partial charge in [-0.05, 0) is 43.8 Å². The molecule has 16 heavy (non-hydrogen) atoms. The Balaban J connectivity index is 2.25. The average molecular weight is 235 g/mol. The second-order valence-electron chi connectivity index (χ2n) is 3.93. The number of nitrogens with two attached hydrogens (primary N) is 1. The van der Waals surface area contributed by atoms with Crippen molar-refractivity contribution < 1.29 is 0 Å². The molecule has 0 saturated heterocycles. The van der Waals surface area contributed by atoms with Gasteiger partial charge >= 0.3 is 0 Å². The van der Waals surface area contributed by atoms with Crippen molar-refractivity contribution in [1.82, 2.24) is 9.78 Å². The van der Waals surface area contributed by atoms with Crippen LogP contribution < -0.4 is 5.73 Å². The first-order valence-electron chi connectivity index (χ1n) is 5.47. The third kappa shape index (κ3) is 2.18. The molecule has 0 atom stereocenters. The lowest BCUT2D eigenvalue weighted by atomic mass is 10.1. The largest absolute Gasteiger partial charge is 0.330 e. The van der Waals surface area contributed by atoms with Crippen LogP contribution in [0.25, 0.3) is 0 Å². The first-order valence-corrected chi connectivity index (χ1v) is 6.35. The van der Waals surface area contributed by atoms with Crippen LogP contribution in [0, 0.1) is 13.8 Å². The minimum absolute atomic E-state index is 0.687. The molecular weight excluding hydrogens is 218 g/mol. The van der Waals surface area contributed by atoms with E-state index in [9.17, 15) is 0 Å². The highest BCUT2D eigenvalue weighted by molar-refractivity contribution is 7.09. The molecular formula is C12H17N3S. The van der Waals surface area contributed by atoms with Crippen LogP contribution in [0.15, 0.2) is 17.5 Å². The van der Waals surface area contributed by atoms with Gasteiger partial charge in [0.15, 0.2) is 0 Å². The zero-order valence-electron chi connectivity index (χ0n) is 9.73. The molecule has 0 amide bonds. The molecule has 86 valence electrons. The number of rotatable bonds is 4. The molecule has 0 bridgehead atoms. The van der Waals surface area contributed by atoms with Gasteiger partial charge in [0.05, 0.1) is 12.2 Å². The fraction of sp³-hybridized carbons (Fsp3) is 0.417. The molecule has 0 spiro atoms. The van der Waals surface area contributed by atoms with Gasteiger partial charge < -0.3 is 5.73 Å². The van der Waals surface area contributed by atoms with Gasteiger partial charge in [-0.15, -0.1) is 11.3 Å². The van der Waals surface area contributed by atoms with Crippen LogP contribution in [0.1, 0.15) is 21.8 Å². The molecule has 2 aromatic heterocycles. The molecule has 2 N–H and O–H groups in total. The topological polar surface area (TPSA) is 43.8 Å². The zero-order chi connectivity index (χ0) is 11.5. The predicted molar refractivity (Wildman–Crippen MR) is 67.9 cm³/mol. The first-order chi connectivity index (χ1) is 7.72. The predicted octanol–water partition coefficient (Wildman–Crippen LogP) is 2.11. The third-order valence-electron chi connectivity index (χ3n) is 2.81. The number of hydrogen-bond donors (Lipinski definition) is 1. The first kappa shape index (κ1) is 11.4. The lowest BCUT2D eigenvalue weighted by Crippen LogP contribution is -2.06. The molecule has 0 unspecified atom stereocenters. The molecule has 0 saturated carbocycles. The molecule has 2 heterocycles. The van der Waals surface area contributed by atoms with E-state index in [-0.39, 0.29) is 0 Å². The van der Waals surface area contributed by atoms with Crippen molar-refractivity contribution in [2.45, 2.75) is 26.8 Å². The van der Waals surface area contributed by atoms with E-state index in [4.69, 9.17) is 5.73 Å². The van der Waals surface area contributed by atoms with Gasteiger partial charge in [0.1, 0.15) is 0 Å². The Hall–Kier alpha value is -1.13. The second-order valence-corrected chi connectivity index (χ2v) is 4.96. The Bertz CT molecular complexity index is 457. The van der Waals surface area contributed by atoms with Gasteiger partial charge in [-0.25, -0.2) is 0 Å². The molecule has 0 aliphatic carbocycles. The molecule has 0 aromatic carbocycles. The van der Waals surface area contributed by atoms with E-state index < -0.39 is 0 Å². The van der Waals surface area contributed by atoms with E-state index in [0.717, 1.165) is 18.7 Å². The van der Waals surface area contributed by atoms with E-state index in [1.54, 1.807) is 11.3 Å². The quantitative estimate of drug-likeness (QED) is 0.882. The standard InChI is InChI=1S/C12H17N3S/c1-9-12(5-6-13)10(2)15(14-9)8-11-4-3-7-16-11/h3-4,7H,5-6,8,13H2,1-2H3. The van der Waals surface area contributed by atoms with Gasteiger partial charge in [0.25, 0.3) is 0 Å². The van der Waals surface area contributed by atoms with E-state index in [2.05, 4.69) is 41.1 Å². The van der Waals surface area contributed by atoms with E-state index in [0.29, 0.717) is 6.54 Å². The van der Waals surface area contributed by atoms with Gasteiger partial charge in [-0.1, -0.05) is 6.07 Å². The van der Waals surface area contributed by atoms with Crippen LogP contribution in [0.2, 0.25) is 0 Å². The molecule has 0 fully saturated rings. The SMILES string of the molecule is Cc1nn(Cc2cccs2)c(C)c1CCN. The normalized spacial score (nSPS) is 10.9. The fourth-order valence-corrected chi connectivity index (χ4v) is 2.63. The summed E-state index contributed by atoms with van der Waals surface area (Å²) in [6, 6.07) is 4.22. The van der Waals surface area contributed by atoms with E-state index >= 15 is 0 Å². The Kier molecular flexibility index (Phi) is 3.41. The third-order valence-corrected chi connectivity index (χ3v) is 3.67. The molecule has 2 rings (SSSR count). The van der Waals surface area contributed by atoms with Crippen LogP contribution in [0.4, 0.5) is 0 Å². The number of aromatic nitrogens is 2. The van der Waals surface area contributed by atoms with Crippen molar-refractivity contribution in [3.05, 3.63) is 39.3 Å². The highest BCUT2D eigenvalue weighted by Gasteiger charge is 2.10. The summed E-state index contributed by atoms with van der Waals surface area (Å²) in [5, 5.41) is 6.67. The minimum Gasteiger partial charge on any atom is -0.330 e. The Labute approximate surface area is 99.9 Å². The maximum Gasteiger partial charge on any atom is 0.0755 e. The summed E-state index contributed by atoms with van der Waals surface area (Å²) in [6.45, 7) is 5.74. The van der Waals surface area contributed by atoms with Crippen LogP contribution in [-0.2, 0) is 13.0 Å². The van der Waals surface area contributed by atoms with Gasteiger partial charge in [0.2, 0.25) is 0 Å². The lowest BCUT2D eigenvalue weighted by molar-refractivity contribution is 0.665. The Morgan fingerprint density at radius 1 is 1.44 bits per heavy atom. The molecule has 0 aliphatic heterocycles. The van der Waals surface area contributed by atoms with Crippen molar-refractivity contribution in [1.29, 1.82) is 0 Å². The summed E-state index contributed by atoms with van der Waals surface area (Å²) in [5.74, 6) is 0. The summed E-state index contributed by atoms with van der Waals surface area (Å²) in [5.41, 5.74) is 9.27. The Morgan fingerprint density at radius 2 is 2.25 bits per heavy atom. The summed E-state index contributed by atoms with van der Waals surface area (Å²) in [6.07, 6.45) is 0.919. The summed E-state index contributed by atoms with van der Waals surface area (Å²) < 4.78 is 2.08. The number of nitrogens with zero attached hydrogens (tertiary/aromatic N) is 2. The summed E-state index contributed by atoms with van der Waals surface area (Å²) in [4.78, 5) is 1.34. The van der Waals surface area contributed by atoms with Crippen LogP contribution in [-0.4, -0.2) is 16.3 Å². The van der Waals surface area contributed by atoms with Crippen molar-refractivity contribution >= 4 is 11.3 Å². The number of hydrogen-bond acceptors (Lipinski definition) is 3. The highest BCUT2D eigenvalue weighted by Crippen LogP contribution is 2.17. The van der Waals surface area contributed by atoms with Crippen molar-refractivity contribution in [3.63, 3.8) is 0 Å². The van der Waals surface area contributed by atoms with Crippen molar-refractivity contribution in [2.24, 2.45) is 5.73 Å². The summed E-state index contributed by atoms with van der Waals surface area (Å²) >= 11 is 1.77. The van der Waals surface area contributed by atoms with E-state index in [1.807, 2.05) is 0 Å². The molecule has 0 radical (unpaired) electrons. The van der Waals surface area contributed by atoms with Gasteiger partial charge in [0, 0.05) is 10.6 Å². The van der Waals surface area contributed by atoms with Gasteiger partial charge in [-0.3, -0.25) is 4.68 Å². The fourth-order valence-electron chi connectivity index (χ4n) is 1.94. The monoisotopic (exact) mass is 235 g/mol.